The molecule has 1 N–H and O–H groups in total. The van der Waals surface area contributed by atoms with Crippen LogP contribution in [0.5, 0.6) is 11.6 Å². The first-order chi connectivity index (χ1) is 14.6. The first-order valence-electron chi connectivity index (χ1n) is 8.83. The highest BCUT2D eigenvalue weighted by atomic mass is 32.2. The van der Waals surface area contributed by atoms with Crippen LogP contribution in [0.2, 0.25) is 0 Å². The Morgan fingerprint density at radius 3 is 2.32 bits per heavy atom. The summed E-state index contributed by atoms with van der Waals surface area (Å²) in [6.07, 6.45) is -2.39. The van der Waals surface area contributed by atoms with Gasteiger partial charge in [0.05, 0.1) is 13.4 Å². The average Bonchev–Trinajstić information content (AvgIpc) is 3.17. The molecule has 0 radical (unpaired) electrons. The highest BCUT2D eigenvalue weighted by Crippen LogP contribution is 2.38. The monoisotopic (exact) mass is 457 g/mol. The minimum atomic E-state index is -4.76. The van der Waals surface area contributed by atoms with Crippen molar-refractivity contribution in [2.45, 2.75) is 6.18 Å². The number of pyridine rings is 1. The molecule has 0 aliphatic heterocycles. The number of halogens is 3. The van der Waals surface area contributed by atoms with E-state index in [9.17, 15) is 21.6 Å². The number of methoxy groups -OCH3 is 1. The molecule has 0 saturated heterocycles. The van der Waals surface area contributed by atoms with Crippen molar-refractivity contribution in [3.05, 3.63) is 48.5 Å². The van der Waals surface area contributed by atoms with Gasteiger partial charge in [-0.25, -0.2) is 23.1 Å². The summed E-state index contributed by atoms with van der Waals surface area (Å²) in [5.41, 5.74) is 0.645. The Bertz CT molecular complexity index is 1130. The number of hydrogen-bond donors (Lipinski definition) is 1. The smallest absolute Gasteiger partial charge is 0.468 e. The number of nitrogens with one attached hydrogen (secondary N) is 1. The molecular weight excluding hydrogens is 439 g/mol. The zero-order valence-corrected chi connectivity index (χ0v) is 17.2. The summed E-state index contributed by atoms with van der Waals surface area (Å²) in [5.74, 6) is -0.746. The molecule has 31 heavy (non-hydrogen) atoms. The largest absolute Gasteiger partial charge is 0.492 e. The molecule has 166 valence electrons. The van der Waals surface area contributed by atoms with Crippen LogP contribution in [0.3, 0.4) is 0 Å². The van der Waals surface area contributed by atoms with Gasteiger partial charge in [-0.1, -0.05) is 0 Å². The van der Waals surface area contributed by atoms with Gasteiger partial charge < -0.3 is 13.9 Å². The van der Waals surface area contributed by atoms with Gasteiger partial charge >= 0.3 is 12.1 Å². The number of nitrogens with zero attached hydrogens (tertiary/aromatic N) is 2. The lowest BCUT2D eigenvalue weighted by Crippen LogP contribution is -2.26. The molecule has 3 aromatic rings. The summed E-state index contributed by atoms with van der Waals surface area (Å²) in [6.45, 7) is 0.155. The van der Waals surface area contributed by atoms with Crippen molar-refractivity contribution in [2.75, 3.05) is 26.5 Å². The summed E-state index contributed by atoms with van der Waals surface area (Å²) < 4.78 is 79.3. The SMILES string of the molecule is COc1ccc(-c2nc(C(F)(F)F)oc2-c2ccc(OCCNS(C)(=O)=O)cc2)cn1. The van der Waals surface area contributed by atoms with E-state index in [-0.39, 0.29) is 24.6 Å². The maximum atomic E-state index is 13.2. The Hall–Kier alpha value is -3.12. The Morgan fingerprint density at radius 2 is 1.77 bits per heavy atom. The normalized spacial score (nSPS) is 12.0. The van der Waals surface area contributed by atoms with Gasteiger partial charge in [0.2, 0.25) is 15.9 Å². The summed E-state index contributed by atoms with van der Waals surface area (Å²) in [7, 11) is -1.90. The van der Waals surface area contributed by atoms with Crippen LogP contribution in [-0.2, 0) is 16.2 Å². The highest BCUT2D eigenvalue weighted by Gasteiger charge is 2.39. The van der Waals surface area contributed by atoms with Gasteiger partial charge in [-0.15, -0.1) is 0 Å². The zero-order valence-electron chi connectivity index (χ0n) is 16.4. The quantitative estimate of drug-likeness (QED) is 0.518. The zero-order chi connectivity index (χ0) is 22.6. The second-order valence-corrected chi connectivity index (χ2v) is 8.16. The third kappa shape index (κ3) is 5.95. The number of sulfonamides is 1. The number of aromatic nitrogens is 2. The van der Waals surface area contributed by atoms with Crippen molar-refractivity contribution in [3.63, 3.8) is 0 Å². The number of rotatable bonds is 8. The maximum Gasteiger partial charge on any atom is 0.468 e. The van der Waals surface area contributed by atoms with E-state index in [1.165, 1.54) is 49.7 Å². The molecule has 12 heteroatoms. The molecule has 1 aromatic carbocycles. The number of benzene rings is 1. The van der Waals surface area contributed by atoms with E-state index >= 15 is 0 Å². The van der Waals surface area contributed by atoms with Crippen LogP contribution < -0.4 is 14.2 Å². The highest BCUT2D eigenvalue weighted by molar-refractivity contribution is 7.88. The molecule has 0 fully saturated rings. The first kappa shape index (κ1) is 22.6. The summed E-state index contributed by atoms with van der Waals surface area (Å²) in [4.78, 5) is 7.62. The van der Waals surface area contributed by atoms with Gasteiger partial charge in [0.15, 0.2) is 5.76 Å². The van der Waals surface area contributed by atoms with Crippen molar-refractivity contribution in [3.8, 4) is 34.2 Å². The van der Waals surface area contributed by atoms with Gasteiger partial charge in [-0.05, 0) is 30.3 Å². The lowest BCUT2D eigenvalue weighted by Gasteiger charge is -2.07. The summed E-state index contributed by atoms with van der Waals surface area (Å²) in [6, 6.07) is 9.12. The van der Waals surface area contributed by atoms with E-state index in [0.29, 0.717) is 22.8 Å². The summed E-state index contributed by atoms with van der Waals surface area (Å²) in [5, 5.41) is 0. The van der Waals surface area contributed by atoms with Crippen LogP contribution in [0.15, 0.2) is 47.0 Å². The summed E-state index contributed by atoms with van der Waals surface area (Å²) >= 11 is 0. The number of alkyl halides is 3. The fourth-order valence-corrected chi connectivity index (χ4v) is 3.03. The predicted octanol–water partition coefficient (Wildman–Crippen LogP) is 3.36. The topological polar surface area (TPSA) is 104 Å². The van der Waals surface area contributed by atoms with E-state index in [0.717, 1.165) is 6.26 Å². The Morgan fingerprint density at radius 1 is 1.10 bits per heavy atom. The number of hydrogen-bond acceptors (Lipinski definition) is 7. The second-order valence-electron chi connectivity index (χ2n) is 6.32. The van der Waals surface area contributed by atoms with Crippen LogP contribution in [0.1, 0.15) is 5.89 Å². The third-order valence-electron chi connectivity index (χ3n) is 3.94. The van der Waals surface area contributed by atoms with Crippen molar-refractivity contribution >= 4 is 10.0 Å². The van der Waals surface area contributed by atoms with E-state index in [2.05, 4.69) is 14.7 Å². The van der Waals surface area contributed by atoms with E-state index in [4.69, 9.17) is 13.9 Å². The predicted molar refractivity (Wildman–Crippen MR) is 105 cm³/mol. The Balaban J connectivity index is 1.86. The minimum Gasteiger partial charge on any atom is -0.492 e. The molecule has 0 saturated carbocycles. The standard InChI is InChI=1S/C19H18F3N3O5S/c1-28-15-8-5-13(11-23-15)16-17(30-18(25-16)19(20,21)22)12-3-6-14(7-4-12)29-10-9-24-31(2,26)27/h3-8,11,24H,9-10H2,1-2H3. The van der Waals surface area contributed by atoms with E-state index in [1.54, 1.807) is 0 Å². The van der Waals surface area contributed by atoms with Crippen LogP contribution in [0, 0.1) is 0 Å². The van der Waals surface area contributed by atoms with Crippen molar-refractivity contribution in [1.82, 2.24) is 14.7 Å². The molecule has 3 rings (SSSR count). The number of oxazole rings is 1. The molecule has 0 aliphatic rings. The Kier molecular flexibility index (Phi) is 6.51. The van der Waals surface area contributed by atoms with Crippen molar-refractivity contribution in [2.24, 2.45) is 0 Å². The van der Waals surface area contributed by atoms with Crippen molar-refractivity contribution in [1.29, 1.82) is 0 Å². The lowest BCUT2D eigenvalue weighted by atomic mass is 10.1. The molecule has 0 aliphatic carbocycles. The molecule has 0 spiro atoms. The second kappa shape index (κ2) is 8.94. The van der Waals surface area contributed by atoms with Gasteiger partial charge in [-0.3, -0.25) is 0 Å². The number of ether oxygens (including phenoxy) is 2. The minimum absolute atomic E-state index is 0.0199. The third-order valence-corrected chi connectivity index (χ3v) is 4.67. The van der Waals surface area contributed by atoms with Crippen LogP contribution >= 0.6 is 0 Å². The van der Waals surface area contributed by atoms with E-state index < -0.39 is 22.1 Å². The maximum absolute atomic E-state index is 13.2. The molecule has 2 aromatic heterocycles. The van der Waals surface area contributed by atoms with Gasteiger partial charge in [0.1, 0.15) is 18.1 Å². The average molecular weight is 457 g/mol. The molecular formula is C19H18F3N3O5S. The molecule has 8 nitrogen and oxygen atoms in total. The van der Waals surface area contributed by atoms with Gasteiger partial charge in [0, 0.05) is 29.9 Å². The molecule has 2 heterocycles. The molecule has 0 bridgehead atoms. The molecule has 0 unspecified atom stereocenters. The first-order valence-corrected chi connectivity index (χ1v) is 10.7. The van der Waals surface area contributed by atoms with E-state index in [1.807, 2.05) is 0 Å². The fraction of sp³-hybridized carbons (Fsp3) is 0.263. The van der Waals surface area contributed by atoms with Crippen molar-refractivity contribution < 1.29 is 35.5 Å². The molecule has 0 atom stereocenters. The fourth-order valence-electron chi connectivity index (χ4n) is 2.57. The van der Waals surface area contributed by atoms with Crippen LogP contribution in [0.25, 0.3) is 22.6 Å². The lowest BCUT2D eigenvalue weighted by molar-refractivity contribution is -0.156. The van der Waals surface area contributed by atoms with Gasteiger partial charge in [-0.2, -0.15) is 13.2 Å². The van der Waals surface area contributed by atoms with Crippen LogP contribution in [0.4, 0.5) is 13.2 Å². The Labute approximate surface area is 176 Å². The van der Waals surface area contributed by atoms with Crippen LogP contribution in [-0.4, -0.2) is 44.9 Å². The van der Waals surface area contributed by atoms with Gasteiger partial charge in [0.25, 0.3) is 0 Å². The molecule has 0 amide bonds.